The van der Waals surface area contributed by atoms with Gasteiger partial charge in [-0.2, -0.15) is 0 Å². The summed E-state index contributed by atoms with van der Waals surface area (Å²) < 4.78 is 15.4. The fourth-order valence-electron chi connectivity index (χ4n) is 2.52. The second-order valence-corrected chi connectivity index (χ2v) is 5.40. The molecule has 0 amide bonds. The van der Waals surface area contributed by atoms with Crippen molar-refractivity contribution in [3.8, 4) is 0 Å². The van der Waals surface area contributed by atoms with Gasteiger partial charge in [-0.3, -0.25) is 0 Å². The molecule has 9 atom stereocenters. The Bertz CT molecular complexity index is 416. The lowest BCUT2D eigenvalue weighted by Gasteiger charge is -2.48. The van der Waals surface area contributed by atoms with Crippen molar-refractivity contribution < 1.29 is 54.8 Å². The lowest BCUT2D eigenvalue weighted by Crippen LogP contribution is -2.67. The molecule has 0 aromatic heterocycles. The third-order valence-electron chi connectivity index (χ3n) is 3.91. The Hall–Kier alpha value is -0.890. The van der Waals surface area contributed by atoms with Crippen molar-refractivity contribution in [1.29, 1.82) is 0 Å². The van der Waals surface area contributed by atoms with Crippen LogP contribution in [0.4, 0.5) is 0 Å². The first kappa shape index (κ1) is 18.4. The van der Waals surface area contributed by atoms with Gasteiger partial charge in [0.15, 0.2) is 12.4 Å². The zero-order chi connectivity index (χ0) is 17.3. The number of carbonyl (C=O) groups is 1. The largest absolute Gasteiger partial charge is 0.479 e. The van der Waals surface area contributed by atoms with Gasteiger partial charge in [-0.05, 0) is 0 Å². The number of carboxylic acids is 1. The summed E-state index contributed by atoms with van der Waals surface area (Å²) in [5.41, 5.74) is 0. The molecule has 0 aliphatic carbocycles. The summed E-state index contributed by atoms with van der Waals surface area (Å²) in [5.74, 6) is -1.56. The maximum atomic E-state index is 10.8. The Morgan fingerprint density at radius 3 is 2.13 bits per heavy atom. The monoisotopic (exact) mass is 340 g/mol. The highest BCUT2D eigenvalue weighted by Crippen LogP contribution is 2.31. The standard InChI is InChI=1S/C12H20O11/c13-1-3-5(15)6(16)7(17)12(22-3)23-9-4(2-14)21-10(9)8(18)11(19)20/h3-10,12-18H,1-2H2,(H,19,20). The SMILES string of the molecule is O=C(O)C(O)C1OC(CO)C1OC1OC(CO)C(O)C(O)C1O. The molecule has 2 saturated heterocycles. The number of rotatable bonds is 6. The van der Waals surface area contributed by atoms with Gasteiger partial charge in [-0.1, -0.05) is 0 Å². The molecule has 2 aliphatic rings. The summed E-state index contributed by atoms with van der Waals surface area (Å²) in [6.45, 7) is -1.19. The molecular weight excluding hydrogens is 320 g/mol. The van der Waals surface area contributed by atoms with Crippen LogP contribution in [-0.4, -0.2) is 110 Å². The highest BCUT2D eigenvalue weighted by Gasteiger charge is 2.53. The Morgan fingerprint density at radius 2 is 1.61 bits per heavy atom. The second kappa shape index (κ2) is 7.34. The molecule has 0 aromatic rings. The van der Waals surface area contributed by atoms with Crippen LogP contribution in [0.15, 0.2) is 0 Å². The number of aliphatic hydroxyl groups excluding tert-OH is 6. The predicted molar refractivity (Wildman–Crippen MR) is 68.0 cm³/mol. The molecule has 0 bridgehead atoms. The van der Waals surface area contributed by atoms with Crippen molar-refractivity contribution in [3.05, 3.63) is 0 Å². The topological polar surface area (TPSA) is 186 Å². The van der Waals surface area contributed by atoms with Gasteiger partial charge in [0.25, 0.3) is 0 Å². The fourth-order valence-corrected chi connectivity index (χ4v) is 2.52. The fraction of sp³-hybridized carbons (Fsp3) is 0.917. The van der Waals surface area contributed by atoms with Gasteiger partial charge in [0.2, 0.25) is 0 Å². The van der Waals surface area contributed by atoms with Crippen molar-refractivity contribution in [2.75, 3.05) is 13.2 Å². The number of carboxylic acid groups (broad SMARTS) is 1. The Labute approximate surface area is 130 Å². The normalized spacial score (nSPS) is 45.3. The minimum absolute atomic E-state index is 0.537. The van der Waals surface area contributed by atoms with Crippen LogP contribution < -0.4 is 0 Å². The molecule has 2 heterocycles. The maximum absolute atomic E-state index is 10.8. The van der Waals surface area contributed by atoms with Gasteiger partial charge in [0, 0.05) is 0 Å². The van der Waals surface area contributed by atoms with E-state index in [-0.39, 0.29) is 0 Å². The lowest BCUT2D eigenvalue weighted by molar-refractivity contribution is -0.361. The molecule has 2 fully saturated rings. The molecule has 11 nitrogen and oxygen atoms in total. The van der Waals surface area contributed by atoms with Gasteiger partial charge in [-0.25, -0.2) is 4.79 Å². The minimum atomic E-state index is -1.92. The van der Waals surface area contributed by atoms with Crippen molar-refractivity contribution in [2.45, 2.75) is 55.1 Å². The molecule has 2 rings (SSSR count). The smallest absolute Gasteiger partial charge is 0.335 e. The molecule has 0 aromatic carbocycles. The van der Waals surface area contributed by atoms with E-state index >= 15 is 0 Å². The highest BCUT2D eigenvalue weighted by atomic mass is 16.7. The van der Waals surface area contributed by atoms with Crippen molar-refractivity contribution in [1.82, 2.24) is 0 Å². The van der Waals surface area contributed by atoms with Crippen molar-refractivity contribution >= 4 is 5.97 Å². The van der Waals surface area contributed by atoms with E-state index in [1.165, 1.54) is 0 Å². The summed E-state index contributed by atoms with van der Waals surface area (Å²) in [7, 11) is 0. The Morgan fingerprint density at radius 1 is 1.00 bits per heavy atom. The van der Waals surface area contributed by atoms with Gasteiger partial charge in [0.05, 0.1) is 13.2 Å². The number of hydrogen-bond acceptors (Lipinski definition) is 10. The van der Waals surface area contributed by atoms with Crippen molar-refractivity contribution in [3.63, 3.8) is 0 Å². The Kier molecular flexibility index (Phi) is 5.89. The minimum Gasteiger partial charge on any atom is -0.479 e. The molecular formula is C12H20O11. The van der Waals surface area contributed by atoms with Gasteiger partial charge >= 0.3 is 5.97 Å². The average Bonchev–Trinajstić information content (AvgIpc) is 2.51. The number of ether oxygens (including phenoxy) is 3. The summed E-state index contributed by atoms with van der Waals surface area (Å²) in [4.78, 5) is 10.8. The molecule has 2 aliphatic heterocycles. The number of aliphatic carboxylic acids is 1. The van der Waals surface area contributed by atoms with Gasteiger partial charge < -0.3 is 50.0 Å². The van der Waals surface area contributed by atoms with Crippen LogP contribution >= 0.6 is 0 Å². The zero-order valence-electron chi connectivity index (χ0n) is 11.9. The van der Waals surface area contributed by atoms with Crippen LogP contribution in [0.5, 0.6) is 0 Å². The molecule has 0 spiro atoms. The van der Waals surface area contributed by atoms with Gasteiger partial charge in [0.1, 0.15) is 42.7 Å². The van der Waals surface area contributed by atoms with Crippen LogP contribution in [0.25, 0.3) is 0 Å². The molecule has 7 N–H and O–H groups in total. The van der Waals surface area contributed by atoms with Crippen LogP contribution in [-0.2, 0) is 19.0 Å². The van der Waals surface area contributed by atoms with Crippen LogP contribution in [0.3, 0.4) is 0 Å². The summed E-state index contributed by atoms with van der Waals surface area (Å²) >= 11 is 0. The first-order valence-electron chi connectivity index (χ1n) is 6.95. The summed E-state index contributed by atoms with van der Waals surface area (Å²) in [6.07, 6.45) is -13.0. The van der Waals surface area contributed by atoms with E-state index in [2.05, 4.69) is 0 Å². The van der Waals surface area contributed by atoms with E-state index < -0.39 is 74.3 Å². The van der Waals surface area contributed by atoms with E-state index in [4.69, 9.17) is 29.5 Å². The number of aliphatic hydroxyl groups is 6. The van der Waals surface area contributed by atoms with E-state index in [0.29, 0.717) is 0 Å². The van der Waals surface area contributed by atoms with E-state index in [9.17, 15) is 25.2 Å². The maximum Gasteiger partial charge on any atom is 0.335 e. The molecule has 11 heteroatoms. The van der Waals surface area contributed by atoms with Crippen LogP contribution in [0.2, 0.25) is 0 Å². The summed E-state index contributed by atoms with van der Waals surface area (Å²) in [6, 6.07) is 0. The second-order valence-electron chi connectivity index (χ2n) is 5.40. The zero-order valence-corrected chi connectivity index (χ0v) is 11.9. The molecule has 0 radical (unpaired) electrons. The van der Waals surface area contributed by atoms with E-state index in [1.807, 2.05) is 0 Å². The van der Waals surface area contributed by atoms with E-state index in [0.717, 1.165) is 0 Å². The molecule has 23 heavy (non-hydrogen) atoms. The molecule has 0 saturated carbocycles. The highest BCUT2D eigenvalue weighted by molar-refractivity contribution is 5.73. The predicted octanol–water partition coefficient (Wildman–Crippen LogP) is -4.62. The third-order valence-corrected chi connectivity index (χ3v) is 3.91. The first-order chi connectivity index (χ1) is 10.8. The average molecular weight is 340 g/mol. The van der Waals surface area contributed by atoms with E-state index in [1.54, 1.807) is 0 Å². The van der Waals surface area contributed by atoms with Crippen molar-refractivity contribution in [2.24, 2.45) is 0 Å². The lowest BCUT2D eigenvalue weighted by atomic mass is 9.95. The molecule has 134 valence electrons. The third kappa shape index (κ3) is 3.47. The Balaban J connectivity index is 2.07. The molecule has 9 unspecified atom stereocenters. The summed E-state index contributed by atoms with van der Waals surface area (Å²) in [5, 5.41) is 65.7. The first-order valence-corrected chi connectivity index (χ1v) is 6.95. The number of hydrogen-bond donors (Lipinski definition) is 7. The van der Waals surface area contributed by atoms with Crippen LogP contribution in [0, 0.1) is 0 Å². The van der Waals surface area contributed by atoms with Gasteiger partial charge in [-0.15, -0.1) is 0 Å². The van der Waals surface area contributed by atoms with Crippen LogP contribution in [0.1, 0.15) is 0 Å². The quantitative estimate of drug-likeness (QED) is 0.246.